The highest BCUT2D eigenvalue weighted by Gasteiger charge is 2.15. The highest BCUT2D eigenvalue weighted by atomic mass is 16.6. The lowest BCUT2D eigenvalue weighted by Gasteiger charge is -2.19. The highest BCUT2D eigenvalue weighted by molar-refractivity contribution is 5.70. The van der Waals surface area contributed by atoms with Gasteiger partial charge < -0.3 is 15.0 Å². The van der Waals surface area contributed by atoms with E-state index >= 15 is 0 Å². The van der Waals surface area contributed by atoms with Crippen LogP contribution in [0.1, 0.15) is 40.0 Å². The molecule has 0 rings (SSSR count). The van der Waals surface area contributed by atoms with Gasteiger partial charge in [0.15, 0.2) is 0 Å². The first kappa shape index (κ1) is 16.4. The zero-order chi connectivity index (χ0) is 13.3. The average Bonchev–Trinajstić information content (AvgIpc) is 2.12. The van der Waals surface area contributed by atoms with Crippen LogP contribution in [0.15, 0.2) is 0 Å². The third-order valence-electron chi connectivity index (χ3n) is 2.13. The molecule has 0 bridgehead atoms. The Kier molecular flexibility index (Phi) is 8.17. The van der Waals surface area contributed by atoms with Gasteiger partial charge in [-0.1, -0.05) is 0 Å². The van der Waals surface area contributed by atoms with Crippen molar-refractivity contribution in [2.24, 2.45) is 0 Å². The van der Waals surface area contributed by atoms with Crippen LogP contribution in [0.2, 0.25) is 0 Å². The molecule has 0 aliphatic carbocycles. The second-order valence-electron chi connectivity index (χ2n) is 5.60. The number of hydrogen-bond acceptors (Lipinski definition) is 4. The van der Waals surface area contributed by atoms with Gasteiger partial charge in [0.05, 0.1) is 6.42 Å². The standard InChI is InChI=1S/C13H28N2O2/c1-13(2,3)17-12(16)8-10-14-9-6-7-11-15(4)5/h14H,6-11H2,1-5H3. The summed E-state index contributed by atoms with van der Waals surface area (Å²) in [6, 6.07) is 0. The van der Waals surface area contributed by atoms with E-state index in [0.29, 0.717) is 13.0 Å². The van der Waals surface area contributed by atoms with Crippen molar-refractivity contribution in [1.29, 1.82) is 0 Å². The molecule has 0 aliphatic rings. The van der Waals surface area contributed by atoms with E-state index in [-0.39, 0.29) is 11.6 Å². The van der Waals surface area contributed by atoms with Gasteiger partial charge in [-0.2, -0.15) is 0 Å². The maximum Gasteiger partial charge on any atom is 0.307 e. The van der Waals surface area contributed by atoms with Crippen molar-refractivity contribution in [3.8, 4) is 0 Å². The van der Waals surface area contributed by atoms with E-state index in [2.05, 4.69) is 24.3 Å². The molecule has 0 aliphatic heterocycles. The Labute approximate surface area is 106 Å². The molecular formula is C13H28N2O2. The average molecular weight is 244 g/mol. The minimum Gasteiger partial charge on any atom is -0.460 e. The van der Waals surface area contributed by atoms with E-state index < -0.39 is 0 Å². The van der Waals surface area contributed by atoms with Crippen LogP contribution >= 0.6 is 0 Å². The van der Waals surface area contributed by atoms with Gasteiger partial charge in [-0.15, -0.1) is 0 Å². The summed E-state index contributed by atoms with van der Waals surface area (Å²) in [7, 11) is 4.16. The molecule has 0 saturated carbocycles. The number of unbranched alkanes of at least 4 members (excludes halogenated alkanes) is 1. The predicted molar refractivity (Wildman–Crippen MR) is 71.1 cm³/mol. The van der Waals surface area contributed by atoms with Crippen LogP contribution in [-0.4, -0.2) is 50.2 Å². The van der Waals surface area contributed by atoms with Crippen molar-refractivity contribution >= 4 is 5.97 Å². The van der Waals surface area contributed by atoms with Crippen LogP contribution in [0.25, 0.3) is 0 Å². The van der Waals surface area contributed by atoms with Crippen LogP contribution in [0, 0.1) is 0 Å². The third kappa shape index (κ3) is 13.3. The first-order valence-corrected chi connectivity index (χ1v) is 6.38. The summed E-state index contributed by atoms with van der Waals surface area (Å²) in [6.45, 7) is 8.46. The van der Waals surface area contributed by atoms with Crippen molar-refractivity contribution in [2.75, 3.05) is 33.7 Å². The molecule has 0 atom stereocenters. The Bertz CT molecular complexity index is 210. The SMILES string of the molecule is CN(C)CCCCNCCC(=O)OC(C)(C)C. The number of nitrogens with zero attached hydrogens (tertiary/aromatic N) is 1. The molecular weight excluding hydrogens is 216 g/mol. The normalized spacial score (nSPS) is 11.9. The van der Waals surface area contributed by atoms with E-state index in [9.17, 15) is 4.79 Å². The zero-order valence-electron chi connectivity index (χ0n) is 12.0. The van der Waals surface area contributed by atoms with Crippen LogP contribution in [0.3, 0.4) is 0 Å². The number of rotatable bonds is 8. The number of carbonyl (C=O) groups excluding carboxylic acids is 1. The van der Waals surface area contributed by atoms with Gasteiger partial charge in [-0.3, -0.25) is 4.79 Å². The van der Waals surface area contributed by atoms with Crippen LogP contribution < -0.4 is 5.32 Å². The van der Waals surface area contributed by atoms with Crippen LogP contribution in [0.5, 0.6) is 0 Å². The van der Waals surface area contributed by atoms with Crippen molar-refractivity contribution in [3.05, 3.63) is 0 Å². The topological polar surface area (TPSA) is 41.6 Å². The summed E-state index contributed by atoms with van der Waals surface area (Å²) in [4.78, 5) is 13.5. The second-order valence-corrected chi connectivity index (χ2v) is 5.60. The third-order valence-corrected chi connectivity index (χ3v) is 2.13. The van der Waals surface area contributed by atoms with E-state index in [1.165, 1.54) is 6.42 Å². The Balaban J connectivity index is 3.31. The van der Waals surface area contributed by atoms with Gasteiger partial charge >= 0.3 is 5.97 Å². The highest BCUT2D eigenvalue weighted by Crippen LogP contribution is 2.07. The summed E-state index contributed by atoms with van der Waals surface area (Å²) < 4.78 is 5.21. The fourth-order valence-electron chi connectivity index (χ4n) is 1.39. The lowest BCUT2D eigenvalue weighted by molar-refractivity contribution is -0.154. The molecule has 0 radical (unpaired) electrons. The van der Waals surface area contributed by atoms with Crippen molar-refractivity contribution < 1.29 is 9.53 Å². The molecule has 4 heteroatoms. The molecule has 17 heavy (non-hydrogen) atoms. The molecule has 0 aromatic rings. The molecule has 0 fully saturated rings. The van der Waals surface area contributed by atoms with Crippen LogP contribution in [-0.2, 0) is 9.53 Å². The lowest BCUT2D eigenvalue weighted by atomic mass is 10.2. The number of hydrogen-bond donors (Lipinski definition) is 1. The van der Waals surface area contributed by atoms with Crippen molar-refractivity contribution in [1.82, 2.24) is 10.2 Å². The Hall–Kier alpha value is -0.610. The number of esters is 1. The molecule has 4 nitrogen and oxygen atoms in total. The van der Waals surface area contributed by atoms with Crippen molar-refractivity contribution in [3.63, 3.8) is 0 Å². The molecule has 0 spiro atoms. The molecule has 0 aromatic carbocycles. The minimum atomic E-state index is -0.372. The fraction of sp³-hybridized carbons (Fsp3) is 0.923. The summed E-state index contributed by atoms with van der Waals surface area (Å²) in [6.07, 6.45) is 2.78. The summed E-state index contributed by atoms with van der Waals surface area (Å²) >= 11 is 0. The Morgan fingerprint density at radius 3 is 2.35 bits per heavy atom. The number of nitrogens with one attached hydrogen (secondary N) is 1. The maximum absolute atomic E-state index is 11.4. The van der Waals surface area contributed by atoms with E-state index in [4.69, 9.17) is 4.74 Å². The van der Waals surface area contributed by atoms with Gasteiger partial charge in [0.1, 0.15) is 5.60 Å². The van der Waals surface area contributed by atoms with E-state index in [1.54, 1.807) is 0 Å². The molecule has 0 saturated heterocycles. The van der Waals surface area contributed by atoms with Gasteiger partial charge in [-0.25, -0.2) is 0 Å². The summed E-state index contributed by atoms with van der Waals surface area (Å²) in [5.41, 5.74) is -0.372. The Morgan fingerprint density at radius 1 is 1.18 bits per heavy atom. The molecule has 1 N–H and O–H groups in total. The van der Waals surface area contributed by atoms with Crippen LogP contribution in [0.4, 0.5) is 0 Å². The predicted octanol–water partition coefficient (Wildman–Crippen LogP) is 1.65. The molecule has 102 valence electrons. The quantitative estimate of drug-likeness (QED) is 0.521. The zero-order valence-corrected chi connectivity index (χ0v) is 12.0. The maximum atomic E-state index is 11.4. The Morgan fingerprint density at radius 2 is 1.82 bits per heavy atom. The molecule has 0 aromatic heterocycles. The number of ether oxygens (including phenoxy) is 1. The summed E-state index contributed by atoms with van der Waals surface area (Å²) in [5, 5.41) is 3.26. The molecule has 0 amide bonds. The van der Waals surface area contributed by atoms with E-state index in [0.717, 1.165) is 19.5 Å². The number of carbonyl (C=O) groups is 1. The minimum absolute atomic E-state index is 0.127. The second kappa shape index (κ2) is 8.48. The monoisotopic (exact) mass is 244 g/mol. The van der Waals surface area contributed by atoms with Gasteiger partial charge in [0, 0.05) is 6.54 Å². The summed E-state index contributed by atoms with van der Waals surface area (Å²) in [5.74, 6) is -0.127. The molecule has 0 heterocycles. The first-order chi connectivity index (χ1) is 7.81. The largest absolute Gasteiger partial charge is 0.460 e. The van der Waals surface area contributed by atoms with Gasteiger partial charge in [0.2, 0.25) is 0 Å². The lowest BCUT2D eigenvalue weighted by Crippen LogP contribution is -2.27. The van der Waals surface area contributed by atoms with E-state index in [1.807, 2.05) is 20.8 Å². The smallest absolute Gasteiger partial charge is 0.307 e. The van der Waals surface area contributed by atoms with Gasteiger partial charge in [0.25, 0.3) is 0 Å². The van der Waals surface area contributed by atoms with Gasteiger partial charge in [-0.05, 0) is 60.8 Å². The van der Waals surface area contributed by atoms with Crippen molar-refractivity contribution in [2.45, 2.75) is 45.6 Å². The fourth-order valence-corrected chi connectivity index (χ4v) is 1.39. The molecule has 0 unspecified atom stereocenters. The first-order valence-electron chi connectivity index (χ1n) is 6.38.